The molecule has 0 radical (unpaired) electrons. The number of hydrogen-bond donors (Lipinski definition) is 2. The fraction of sp³-hybridized carbons (Fsp3) is 0.533. The standard InChI is InChI=1S/C15H22BrN3O/c1-3-15(2)6-8-19(9-7-15)13-5-4-11(10-12(13)16)14(17)18-20/h4-5,10,20H,3,6-9H2,1-2H3,(H2,17,18). The molecule has 110 valence electrons. The molecule has 0 amide bonds. The number of halogens is 1. The Morgan fingerprint density at radius 3 is 2.60 bits per heavy atom. The molecule has 0 atom stereocenters. The lowest BCUT2D eigenvalue weighted by Crippen LogP contribution is -2.38. The van der Waals surface area contributed by atoms with Crippen LogP contribution < -0.4 is 10.6 Å². The second-order valence-electron chi connectivity index (χ2n) is 5.80. The normalized spacial score (nSPS) is 19.1. The summed E-state index contributed by atoms with van der Waals surface area (Å²) in [5.74, 6) is 0.134. The Hall–Kier alpha value is -1.23. The van der Waals surface area contributed by atoms with Gasteiger partial charge in [-0.3, -0.25) is 0 Å². The summed E-state index contributed by atoms with van der Waals surface area (Å²) in [6.07, 6.45) is 3.68. The van der Waals surface area contributed by atoms with Gasteiger partial charge in [0.1, 0.15) is 0 Å². The minimum atomic E-state index is 0.134. The Morgan fingerprint density at radius 2 is 2.10 bits per heavy atom. The summed E-state index contributed by atoms with van der Waals surface area (Å²) in [6.45, 7) is 6.80. The second kappa shape index (κ2) is 6.04. The Labute approximate surface area is 128 Å². The molecule has 1 heterocycles. The van der Waals surface area contributed by atoms with Gasteiger partial charge >= 0.3 is 0 Å². The molecular formula is C15H22BrN3O. The first-order chi connectivity index (χ1) is 9.49. The van der Waals surface area contributed by atoms with E-state index >= 15 is 0 Å². The molecule has 1 aromatic rings. The highest BCUT2D eigenvalue weighted by atomic mass is 79.9. The molecular weight excluding hydrogens is 318 g/mol. The maximum absolute atomic E-state index is 8.72. The molecule has 1 aliphatic rings. The first-order valence-electron chi connectivity index (χ1n) is 7.01. The van der Waals surface area contributed by atoms with Crippen molar-refractivity contribution in [3.05, 3.63) is 28.2 Å². The highest BCUT2D eigenvalue weighted by Gasteiger charge is 2.28. The first-order valence-corrected chi connectivity index (χ1v) is 7.81. The number of nitrogens with zero attached hydrogens (tertiary/aromatic N) is 2. The van der Waals surface area contributed by atoms with Gasteiger partial charge in [0.25, 0.3) is 0 Å². The smallest absolute Gasteiger partial charge is 0.170 e. The van der Waals surface area contributed by atoms with Crippen LogP contribution in [0.5, 0.6) is 0 Å². The van der Waals surface area contributed by atoms with Crippen molar-refractivity contribution < 1.29 is 5.21 Å². The zero-order valence-corrected chi connectivity index (χ0v) is 13.7. The number of benzene rings is 1. The zero-order valence-electron chi connectivity index (χ0n) is 12.1. The summed E-state index contributed by atoms with van der Waals surface area (Å²) >= 11 is 3.59. The molecule has 5 heteroatoms. The van der Waals surface area contributed by atoms with Crippen LogP contribution in [0.4, 0.5) is 5.69 Å². The van der Waals surface area contributed by atoms with Gasteiger partial charge in [-0.05, 0) is 52.4 Å². The van der Waals surface area contributed by atoms with Crippen molar-refractivity contribution >= 4 is 27.5 Å². The molecule has 1 fully saturated rings. The van der Waals surface area contributed by atoms with Gasteiger partial charge in [0.2, 0.25) is 0 Å². The lowest BCUT2D eigenvalue weighted by Gasteiger charge is -2.40. The molecule has 0 bridgehead atoms. The van der Waals surface area contributed by atoms with Crippen LogP contribution in [-0.4, -0.2) is 24.1 Å². The Kier molecular flexibility index (Phi) is 4.58. The van der Waals surface area contributed by atoms with E-state index < -0.39 is 0 Å². The van der Waals surface area contributed by atoms with Gasteiger partial charge in [-0.1, -0.05) is 25.4 Å². The average Bonchev–Trinajstić information content (AvgIpc) is 2.47. The van der Waals surface area contributed by atoms with Crippen molar-refractivity contribution in [2.75, 3.05) is 18.0 Å². The third-order valence-corrected chi connectivity index (χ3v) is 5.15. The van der Waals surface area contributed by atoms with E-state index in [0.29, 0.717) is 5.41 Å². The Balaban J connectivity index is 2.15. The molecule has 1 aliphatic heterocycles. The molecule has 0 spiro atoms. The molecule has 0 aromatic heterocycles. The third kappa shape index (κ3) is 3.08. The molecule has 0 aliphatic carbocycles. The van der Waals surface area contributed by atoms with Crippen LogP contribution in [0, 0.1) is 5.41 Å². The second-order valence-corrected chi connectivity index (χ2v) is 6.66. The minimum Gasteiger partial charge on any atom is -0.409 e. The lowest BCUT2D eigenvalue weighted by molar-refractivity contribution is 0.238. The molecule has 0 saturated carbocycles. The number of nitrogens with two attached hydrogens (primary N) is 1. The monoisotopic (exact) mass is 339 g/mol. The molecule has 20 heavy (non-hydrogen) atoms. The van der Waals surface area contributed by atoms with Gasteiger partial charge in [0.05, 0.1) is 5.69 Å². The van der Waals surface area contributed by atoms with Gasteiger partial charge in [-0.15, -0.1) is 0 Å². The Morgan fingerprint density at radius 1 is 1.45 bits per heavy atom. The summed E-state index contributed by atoms with van der Waals surface area (Å²) in [5, 5.41) is 11.8. The van der Waals surface area contributed by atoms with E-state index in [0.717, 1.165) is 23.1 Å². The quantitative estimate of drug-likeness (QED) is 0.383. The van der Waals surface area contributed by atoms with E-state index in [1.807, 2.05) is 18.2 Å². The van der Waals surface area contributed by atoms with Crippen LogP contribution in [0.1, 0.15) is 38.7 Å². The number of rotatable bonds is 3. The fourth-order valence-corrected chi connectivity index (χ4v) is 3.25. The van der Waals surface area contributed by atoms with Crippen molar-refractivity contribution in [2.24, 2.45) is 16.3 Å². The van der Waals surface area contributed by atoms with Gasteiger partial charge in [-0.2, -0.15) is 0 Å². The summed E-state index contributed by atoms with van der Waals surface area (Å²) in [4.78, 5) is 2.40. The molecule has 2 rings (SSSR count). The highest BCUT2D eigenvalue weighted by molar-refractivity contribution is 9.10. The largest absolute Gasteiger partial charge is 0.409 e. The lowest BCUT2D eigenvalue weighted by atomic mass is 9.78. The summed E-state index contributed by atoms with van der Waals surface area (Å²) in [7, 11) is 0. The number of piperidine rings is 1. The predicted octanol–water partition coefficient (Wildman–Crippen LogP) is 3.56. The van der Waals surface area contributed by atoms with Crippen LogP contribution in [0.25, 0.3) is 0 Å². The topological polar surface area (TPSA) is 61.8 Å². The van der Waals surface area contributed by atoms with Crippen molar-refractivity contribution in [3.63, 3.8) is 0 Å². The number of anilines is 1. The van der Waals surface area contributed by atoms with Crippen LogP contribution in [0.2, 0.25) is 0 Å². The first kappa shape index (κ1) is 15.2. The van der Waals surface area contributed by atoms with E-state index in [2.05, 4.69) is 39.8 Å². The summed E-state index contributed by atoms with van der Waals surface area (Å²) in [6, 6.07) is 5.83. The highest BCUT2D eigenvalue weighted by Crippen LogP contribution is 2.37. The van der Waals surface area contributed by atoms with E-state index in [-0.39, 0.29) is 5.84 Å². The minimum absolute atomic E-state index is 0.134. The molecule has 3 N–H and O–H groups in total. The maximum atomic E-state index is 8.72. The van der Waals surface area contributed by atoms with Crippen molar-refractivity contribution in [3.8, 4) is 0 Å². The maximum Gasteiger partial charge on any atom is 0.170 e. The van der Waals surface area contributed by atoms with E-state index in [1.54, 1.807) is 0 Å². The van der Waals surface area contributed by atoms with Gasteiger partial charge < -0.3 is 15.8 Å². The van der Waals surface area contributed by atoms with Crippen molar-refractivity contribution in [1.29, 1.82) is 0 Å². The van der Waals surface area contributed by atoms with Crippen molar-refractivity contribution in [1.82, 2.24) is 0 Å². The van der Waals surface area contributed by atoms with Crippen LogP contribution >= 0.6 is 15.9 Å². The molecule has 0 unspecified atom stereocenters. The van der Waals surface area contributed by atoms with Gasteiger partial charge in [0.15, 0.2) is 5.84 Å². The summed E-state index contributed by atoms with van der Waals surface area (Å²) in [5.41, 5.74) is 7.99. The van der Waals surface area contributed by atoms with E-state index in [1.165, 1.54) is 24.9 Å². The number of hydrogen-bond acceptors (Lipinski definition) is 3. The van der Waals surface area contributed by atoms with Crippen LogP contribution in [0.15, 0.2) is 27.8 Å². The third-order valence-electron chi connectivity index (χ3n) is 4.52. The predicted molar refractivity (Wildman–Crippen MR) is 86.5 cm³/mol. The average molecular weight is 340 g/mol. The Bertz CT molecular complexity index is 508. The SMILES string of the molecule is CCC1(C)CCN(c2ccc(/C(N)=N/O)cc2Br)CC1. The van der Waals surface area contributed by atoms with Gasteiger partial charge in [-0.25, -0.2) is 0 Å². The van der Waals surface area contributed by atoms with Gasteiger partial charge in [0, 0.05) is 23.1 Å². The fourth-order valence-electron chi connectivity index (χ4n) is 2.62. The van der Waals surface area contributed by atoms with Crippen molar-refractivity contribution in [2.45, 2.75) is 33.1 Å². The van der Waals surface area contributed by atoms with E-state index in [9.17, 15) is 0 Å². The molecule has 1 aromatic carbocycles. The zero-order chi connectivity index (χ0) is 14.8. The van der Waals surface area contributed by atoms with Crippen LogP contribution in [-0.2, 0) is 0 Å². The van der Waals surface area contributed by atoms with E-state index in [4.69, 9.17) is 10.9 Å². The number of oxime groups is 1. The molecule has 1 saturated heterocycles. The number of amidine groups is 1. The summed E-state index contributed by atoms with van der Waals surface area (Å²) < 4.78 is 0.988. The molecule has 4 nitrogen and oxygen atoms in total. The van der Waals surface area contributed by atoms with Crippen LogP contribution in [0.3, 0.4) is 0 Å².